The Kier molecular flexibility index (Phi) is 5.41. The van der Waals surface area contributed by atoms with Crippen LogP contribution in [0, 0.1) is 6.92 Å². The van der Waals surface area contributed by atoms with E-state index in [0.29, 0.717) is 25.2 Å². The highest BCUT2D eigenvalue weighted by molar-refractivity contribution is 5.98. The first-order chi connectivity index (χ1) is 13.6. The van der Waals surface area contributed by atoms with Gasteiger partial charge in [-0.2, -0.15) is 0 Å². The number of hydrogen-bond acceptors (Lipinski definition) is 4. The van der Waals surface area contributed by atoms with Crippen LogP contribution in [0.1, 0.15) is 28.3 Å². The summed E-state index contributed by atoms with van der Waals surface area (Å²) >= 11 is 0. The highest BCUT2D eigenvalue weighted by Gasteiger charge is 2.30. The summed E-state index contributed by atoms with van der Waals surface area (Å²) in [5.41, 5.74) is 3.63. The number of benzene rings is 1. The minimum atomic E-state index is 0.0208. The highest BCUT2D eigenvalue weighted by atomic mass is 16.3. The molecule has 0 radical (unpaired) electrons. The Morgan fingerprint density at radius 2 is 2.07 bits per heavy atom. The lowest BCUT2D eigenvalue weighted by Gasteiger charge is -2.41. The summed E-state index contributed by atoms with van der Waals surface area (Å²) in [5.74, 6) is 0.0208. The Morgan fingerprint density at radius 1 is 1.21 bits per heavy atom. The maximum Gasteiger partial charge on any atom is 0.270 e. The van der Waals surface area contributed by atoms with Crippen molar-refractivity contribution in [3.63, 3.8) is 0 Å². The molecule has 28 heavy (non-hydrogen) atoms. The number of carbonyl (C=O) groups excluding carboxylic acids is 1. The quantitative estimate of drug-likeness (QED) is 0.716. The standard InChI is InChI=1S/C22H26N4O2/c1-16-5-4-7-18(23-16)14-25-10-11-26(15-19(25)9-12-27)22(28)21-13-17-6-2-3-8-20(17)24-21/h2-8,13,19,24,27H,9-12,14-15H2,1H3/t19-/m0/s1. The van der Waals surface area contributed by atoms with Crippen LogP contribution in [0.2, 0.25) is 0 Å². The number of aryl methyl sites for hydroxylation is 1. The summed E-state index contributed by atoms with van der Waals surface area (Å²) in [7, 11) is 0. The smallest absolute Gasteiger partial charge is 0.270 e. The van der Waals surface area contributed by atoms with E-state index in [-0.39, 0.29) is 18.6 Å². The molecule has 1 atom stereocenters. The van der Waals surface area contributed by atoms with Crippen molar-refractivity contribution in [1.29, 1.82) is 0 Å². The summed E-state index contributed by atoms with van der Waals surface area (Å²) < 4.78 is 0. The number of aliphatic hydroxyl groups is 1. The lowest BCUT2D eigenvalue weighted by Crippen LogP contribution is -2.54. The van der Waals surface area contributed by atoms with Crippen LogP contribution in [-0.2, 0) is 6.54 Å². The molecular formula is C22H26N4O2. The molecule has 3 heterocycles. The molecule has 1 fully saturated rings. The van der Waals surface area contributed by atoms with E-state index >= 15 is 0 Å². The van der Waals surface area contributed by atoms with Gasteiger partial charge in [0, 0.05) is 55.4 Å². The molecule has 0 aliphatic carbocycles. The van der Waals surface area contributed by atoms with Crippen molar-refractivity contribution in [2.75, 3.05) is 26.2 Å². The number of nitrogens with one attached hydrogen (secondary N) is 1. The van der Waals surface area contributed by atoms with Crippen LogP contribution in [-0.4, -0.2) is 63.1 Å². The first-order valence-electron chi connectivity index (χ1n) is 9.78. The van der Waals surface area contributed by atoms with E-state index in [1.807, 2.05) is 60.4 Å². The molecule has 3 aromatic rings. The van der Waals surface area contributed by atoms with Crippen molar-refractivity contribution < 1.29 is 9.90 Å². The van der Waals surface area contributed by atoms with Gasteiger partial charge in [-0.3, -0.25) is 14.7 Å². The molecule has 1 aliphatic heterocycles. The Labute approximate surface area is 164 Å². The van der Waals surface area contributed by atoms with Gasteiger partial charge in [0.05, 0.1) is 5.69 Å². The third-order valence-electron chi connectivity index (χ3n) is 5.43. The average molecular weight is 378 g/mol. The minimum Gasteiger partial charge on any atom is -0.396 e. The maximum atomic E-state index is 13.0. The van der Waals surface area contributed by atoms with E-state index in [2.05, 4.69) is 14.9 Å². The summed E-state index contributed by atoms with van der Waals surface area (Å²) in [6.07, 6.45) is 0.641. The van der Waals surface area contributed by atoms with Gasteiger partial charge < -0.3 is 15.0 Å². The molecule has 1 aliphatic rings. The fourth-order valence-electron chi connectivity index (χ4n) is 3.96. The molecule has 0 saturated carbocycles. The zero-order valence-corrected chi connectivity index (χ0v) is 16.1. The van der Waals surface area contributed by atoms with Gasteiger partial charge in [0.15, 0.2) is 0 Å². The average Bonchev–Trinajstić information content (AvgIpc) is 3.13. The number of aromatic amines is 1. The molecule has 146 valence electrons. The van der Waals surface area contributed by atoms with Crippen LogP contribution in [0.25, 0.3) is 10.9 Å². The first kappa shape index (κ1) is 18.7. The first-order valence-corrected chi connectivity index (χ1v) is 9.78. The van der Waals surface area contributed by atoms with E-state index in [4.69, 9.17) is 0 Å². The third-order valence-corrected chi connectivity index (χ3v) is 5.43. The number of carbonyl (C=O) groups is 1. The summed E-state index contributed by atoms with van der Waals surface area (Å²) in [5, 5.41) is 10.6. The number of nitrogens with zero attached hydrogens (tertiary/aromatic N) is 3. The number of rotatable bonds is 5. The van der Waals surface area contributed by atoms with Gasteiger partial charge in [0.25, 0.3) is 5.91 Å². The highest BCUT2D eigenvalue weighted by Crippen LogP contribution is 2.20. The monoisotopic (exact) mass is 378 g/mol. The molecule has 1 saturated heterocycles. The number of hydrogen-bond donors (Lipinski definition) is 2. The number of fused-ring (bicyclic) bond motifs is 1. The van der Waals surface area contributed by atoms with Crippen LogP contribution < -0.4 is 0 Å². The third kappa shape index (κ3) is 3.93. The van der Waals surface area contributed by atoms with Crippen molar-refractivity contribution in [2.45, 2.75) is 25.9 Å². The molecule has 1 aromatic carbocycles. The van der Waals surface area contributed by atoms with Crippen LogP contribution in [0.15, 0.2) is 48.5 Å². The van der Waals surface area contributed by atoms with Crippen LogP contribution in [0.5, 0.6) is 0 Å². The number of para-hydroxylation sites is 1. The number of H-pyrrole nitrogens is 1. The molecule has 0 unspecified atom stereocenters. The van der Waals surface area contributed by atoms with Gasteiger partial charge in [-0.25, -0.2) is 0 Å². The van der Waals surface area contributed by atoms with Crippen LogP contribution in [0.3, 0.4) is 0 Å². The Hall–Kier alpha value is -2.70. The second-order valence-electron chi connectivity index (χ2n) is 7.43. The zero-order valence-electron chi connectivity index (χ0n) is 16.1. The molecule has 4 rings (SSSR count). The maximum absolute atomic E-state index is 13.0. The van der Waals surface area contributed by atoms with E-state index in [0.717, 1.165) is 35.4 Å². The number of pyridine rings is 1. The molecule has 2 N–H and O–H groups in total. The molecule has 6 heteroatoms. The predicted octanol–water partition coefficient (Wildman–Crippen LogP) is 2.58. The minimum absolute atomic E-state index is 0.0208. The molecular weight excluding hydrogens is 352 g/mol. The predicted molar refractivity (Wildman–Crippen MR) is 109 cm³/mol. The van der Waals surface area contributed by atoms with Crippen molar-refractivity contribution >= 4 is 16.8 Å². The zero-order chi connectivity index (χ0) is 19.5. The number of amides is 1. The van der Waals surface area contributed by atoms with Gasteiger partial charge in [0.2, 0.25) is 0 Å². The Morgan fingerprint density at radius 3 is 2.86 bits per heavy atom. The lowest BCUT2D eigenvalue weighted by atomic mass is 10.1. The van der Waals surface area contributed by atoms with Gasteiger partial charge in [-0.15, -0.1) is 0 Å². The fraction of sp³-hybridized carbons (Fsp3) is 0.364. The van der Waals surface area contributed by atoms with Crippen LogP contribution >= 0.6 is 0 Å². The van der Waals surface area contributed by atoms with E-state index in [1.165, 1.54) is 0 Å². The van der Waals surface area contributed by atoms with E-state index < -0.39 is 0 Å². The molecule has 0 spiro atoms. The second kappa shape index (κ2) is 8.12. The Bertz CT molecular complexity index is 935. The Balaban J connectivity index is 1.48. The van der Waals surface area contributed by atoms with E-state index in [1.54, 1.807) is 0 Å². The summed E-state index contributed by atoms with van der Waals surface area (Å²) in [6, 6.07) is 16.0. The topological polar surface area (TPSA) is 72.5 Å². The van der Waals surface area contributed by atoms with Gasteiger partial charge in [-0.1, -0.05) is 24.3 Å². The normalized spacial score (nSPS) is 17.9. The SMILES string of the molecule is Cc1cccc(CN2CCN(C(=O)c3cc4ccccc4[nH]3)C[C@@H]2CCO)n1. The molecule has 0 bridgehead atoms. The molecule has 6 nitrogen and oxygen atoms in total. The van der Waals surface area contributed by atoms with Crippen molar-refractivity contribution in [3.8, 4) is 0 Å². The van der Waals surface area contributed by atoms with Gasteiger partial charge in [-0.05, 0) is 37.6 Å². The van der Waals surface area contributed by atoms with Gasteiger partial charge in [0.1, 0.15) is 5.69 Å². The van der Waals surface area contributed by atoms with Gasteiger partial charge >= 0.3 is 0 Å². The summed E-state index contributed by atoms with van der Waals surface area (Å²) in [6.45, 7) is 4.89. The molecule has 2 aromatic heterocycles. The number of piperazine rings is 1. The van der Waals surface area contributed by atoms with Crippen LogP contribution in [0.4, 0.5) is 0 Å². The van der Waals surface area contributed by atoms with Crippen molar-refractivity contribution in [2.24, 2.45) is 0 Å². The number of aliphatic hydroxyl groups excluding tert-OH is 1. The number of aromatic nitrogens is 2. The largest absolute Gasteiger partial charge is 0.396 e. The van der Waals surface area contributed by atoms with Crippen molar-refractivity contribution in [1.82, 2.24) is 19.8 Å². The fourth-order valence-corrected chi connectivity index (χ4v) is 3.96. The van der Waals surface area contributed by atoms with E-state index in [9.17, 15) is 9.90 Å². The lowest BCUT2D eigenvalue weighted by molar-refractivity contribution is 0.0387. The van der Waals surface area contributed by atoms with Crippen molar-refractivity contribution in [3.05, 3.63) is 65.6 Å². The second-order valence-corrected chi connectivity index (χ2v) is 7.43. The molecule has 1 amide bonds. The summed E-state index contributed by atoms with van der Waals surface area (Å²) in [4.78, 5) is 25.1.